The van der Waals surface area contributed by atoms with Crippen LogP contribution >= 0.6 is 11.3 Å². The summed E-state index contributed by atoms with van der Waals surface area (Å²) in [5, 5.41) is 11.9. The van der Waals surface area contributed by atoms with Crippen LogP contribution < -0.4 is 10.6 Å². The molecule has 4 rings (SSSR count). The molecule has 168 valence electrons. The Bertz CT molecular complexity index is 1250. The molecule has 0 aliphatic carbocycles. The van der Waals surface area contributed by atoms with Crippen LogP contribution in [0, 0.1) is 5.82 Å². The molecule has 2 aromatic heterocycles. The van der Waals surface area contributed by atoms with E-state index in [0.717, 1.165) is 10.4 Å². The predicted molar refractivity (Wildman–Crippen MR) is 126 cm³/mol. The highest BCUT2D eigenvalue weighted by Crippen LogP contribution is 2.26. The van der Waals surface area contributed by atoms with E-state index >= 15 is 0 Å². The SMILES string of the molecule is CC(C)NC(=O)Cc1ccc(NC(=O)c2nc(-c3cccs3)n(-c3ccc(F)cc3)n2)cc1. The number of nitrogens with zero attached hydrogens (tertiary/aromatic N) is 3. The number of hydrogen-bond donors (Lipinski definition) is 2. The molecule has 2 aromatic carbocycles. The summed E-state index contributed by atoms with van der Waals surface area (Å²) in [7, 11) is 0. The number of hydrogen-bond acceptors (Lipinski definition) is 5. The van der Waals surface area contributed by atoms with Gasteiger partial charge in [-0.25, -0.2) is 14.1 Å². The van der Waals surface area contributed by atoms with Crippen molar-refractivity contribution in [2.24, 2.45) is 0 Å². The highest BCUT2D eigenvalue weighted by atomic mass is 32.1. The minimum atomic E-state index is -0.473. The van der Waals surface area contributed by atoms with E-state index in [4.69, 9.17) is 0 Å². The van der Waals surface area contributed by atoms with Gasteiger partial charge in [0, 0.05) is 11.7 Å². The van der Waals surface area contributed by atoms with Crippen LogP contribution in [0.5, 0.6) is 0 Å². The van der Waals surface area contributed by atoms with Crippen molar-refractivity contribution in [2.75, 3.05) is 5.32 Å². The van der Waals surface area contributed by atoms with Crippen LogP contribution in [0.1, 0.15) is 30.0 Å². The molecule has 0 aliphatic rings. The number of anilines is 1. The lowest BCUT2D eigenvalue weighted by Crippen LogP contribution is -2.31. The quantitative estimate of drug-likeness (QED) is 0.424. The van der Waals surface area contributed by atoms with E-state index in [1.165, 1.54) is 28.2 Å². The van der Waals surface area contributed by atoms with E-state index in [1.807, 2.05) is 31.4 Å². The normalized spacial score (nSPS) is 10.9. The van der Waals surface area contributed by atoms with Gasteiger partial charge in [0.15, 0.2) is 5.82 Å². The van der Waals surface area contributed by atoms with Gasteiger partial charge in [-0.3, -0.25) is 9.59 Å². The summed E-state index contributed by atoms with van der Waals surface area (Å²) in [6.45, 7) is 3.82. The molecule has 9 heteroatoms. The van der Waals surface area contributed by atoms with Gasteiger partial charge in [-0.15, -0.1) is 16.4 Å². The number of carbonyl (C=O) groups excluding carboxylic acids is 2. The molecule has 0 fully saturated rings. The number of thiophene rings is 1. The molecule has 0 radical (unpaired) electrons. The topological polar surface area (TPSA) is 88.9 Å². The Hall–Kier alpha value is -3.85. The molecular formula is C24H22FN5O2S. The largest absolute Gasteiger partial charge is 0.354 e. The van der Waals surface area contributed by atoms with Crippen LogP contribution in [0.3, 0.4) is 0 Å². The van der Waals surface area contributed by atoms with Gasteiger partial charge in [0.05, 0.1) is 17.0 Å². The molecule has 2 heterocycles. The fourth-order valence-electron chi connectivity index (χ4n) is 3.19. The zero-order valence-corrected chi connectivity index (χ0v) is 18.9. The summed E-state index contributed by atoms with van der Waals surface area (Å²) in [5.41, 5.74) is 1.99. The van der Waals surface area contributed by atoms with Gasteiger partial charge in [0.2, 0.25) is 11.7 Å². The summed E-state index contributed by atoms with van der Waals surface area (Å²) in [4.78, 5) is 30.0. The van der Waals surface area contributed by atoms with E-state index in [1.54, 1.807) is 36.4 Å². The predicted octanol–water partition coefficient (Wildman–Crippen LogP) is 4.45. The van der Waals surface area contributed by atoms with E-state index in [0.29, 0.717) is 17.2 Å². The number of halogens is 1. The van der Waals surface area contributed by atoms with Gasteiger partial charge in [0.1, 0.15) is 5.82 Å². The molecule has 0 aliphatic heterocycles. The first-order valence-electron chi connectivity index (χ1n) is 10.4. The third kappa shape index (κ3) is 5.50. The second kappa shape index (κ2) is 9.74. The lowest BCUT2D eigenvalue weighted by atomic mass is 10.1. The molecule has 0 saturated heterocycles. The third-order valence-electron chi connectivity index (χ3n) is 4.65. The van der Waals surface area contributed by atoms with Gasteiger partial charge in [-0.2, -0.15) is 0 Å². The molecule has 7 nitrogen and oxygen atoms in total. The molecule has 2 amide bonds. The van der Waals surface area contributed by atoms with Crippen LogP contribution in [0.2, 0.25) is 0 Å². The Kier molecular flexibility index (Phi) is 6.60. The second-order valence-corrected chi connectivity index (χ2v) is 8.62. The number of nitrogens with one attached hydrogen (secondary N) is 2. The first-order valence-corrected chi connectivity index (χ1v) is 11.2. The van der Waals surface area contributed by atoms with Crippen molar-refractivity contribution in [1.82, 2.24) is 20.1 Å². The lowest BCUT2D eigenvalue weighted by molar-refractivity contribution is -0.120. The van der Waals surface area contributed by atoms with E-state index < -0.39 is 5.91 Å². The Labute approximate surface area is 194 Å². The smallest absolute Gasteiger partial charge is 0.295 e. The number of amides is 2. The van der Waals surface area contributed by atoms with Gasteiger partial charge >= 0.3 is 0 Å². The van der Waals surface area contributed by atoms with Crippen LogP contribution in [-0.2, 0) is 11.2 Å². The fourth-order valence-corrected chi connectivity index (χ4v) is 3.89. The molecule has 0 spiro atoms. The Morgan fingerprint density at radius 2 is 1.79 bits per heavy atom. The van der Waals surface area contributed by atoms with Gasteiger partial charge in [0.25, 0.3) is 5.91 Å². The van der Waals surface area contributed by atoms with Gasteiger partial charge < -0.3 is 10.6 Å². The summed E-state index contributed by atoms with van der Waals surface area (Å²) in [6, 6.07) is 16.7. The standard InChI is InChI=1S/C24H22FN5O2S/c1-15(2)26-21(31)14-16-5-9-18(10-6-16)27-24(32)22-28-23(20-4-3-13-33-20)30(29-22)19-11-7-17(25)8-12-19/h3-13,15H,14H2,1-2H3,(H,26,31)(H,27,32). The maximum atomic E-state index is 13.4. The maximum absolute atomic E-state index is 13.4. The van der Waals surface area contributed by atoms with Crippen molar-refractivity contribution in [2.45, 2.75) is 26.3 Å². The molecule has 0 atom stereocenters. The summed E-state index contributed by atoms with van der Waals surface area (Å²) in [6.07, 6.45) is 0.264. The molecule has 2 N–H and O–H groups in total. The Balaban J connectivity index is 1.53. The number of carbonyl (C=O) groups is 2. The van der Waals surface area contributed by atoms with E-state index in [9.17, 15) is 14.0 Å². The Morgan fingerprint density at radius 3 is 2.42 bits per heavy atom. The number of benzene rings is 2. The van der Waals surface area contributed by atoms with Crippen molar-refractivity contribution < 1.29 is 14.0 Å². The van der Waals surface area contributed by atoms with Gasteiger partial charge in [-0.1, -0.05) is 18.2 Å². The highest BCUT2D eigenvalue weighted by Gasteiger charge is 2.19. The van der Waals surface area contributed by atoms with Crippen molar-refractivity contribution in [3.63, 3.8) is 0 Å². The Morgan fingerprint density at radius 1 is 1.06 bits per heavy atom. The monoisotopic (exact) mass is 463 g/mol. The van der Waals surface area contributed by atoms with Crippen molar-refractivity contribution >= 4 is 28.8 Å². The van der Waals surface area contributed by atoms with Crippen molar-refractivity contribution in [3.05, 3.63) is 83.2 Å². The number of aromatic nitrogens is 3. The molecule has 0 saturated carbocycles. The summed E-state index contributed by atoms with van der Waals surface area (Å²) < 4.78 is 14.9. The highest BCUT2D eigenvalue weighted by molar-refractivity contribution is 7.13. The number of rotatable bonds is 7. The average molecular weight is 464 g/mol. The lowest BCUT2D eigenvalue weighted by Gasteiger charge is -2.09. The second-order valence-electron chi connectivity index (χ2n) is 7.67. The molecule has 0 bridgehead atoms. The minimum absolute atomic E-state index is 0.0110. The van der Waals surface area contributed by atoms with Crippen molar-refractivity contribution in [1.29, 1.82) is 0 Å². The summed E-state index contributed by atoms with van der Waals surface area (Å²) >= 11 is 1.47. The van der Waals surface area contributed by atoms with Crippen LogP contribution in [0.15, 0.2) is 66.0 Å². The maximum Gasteiger partial charge on any atom is 0.295 e. The molecular weight excluding hydrogens is 441 g/mol. The summed E-state index contributed by atoms with van der Waals surface area (Å²) in [5.74, 6) is -0.409. The first-order chi connectivity index (χ1) is 15.9. The third-order valence-corrected chi connectivity index (χ3v) is 5.51. The molecule has 0 unspecified atom stereocenters. The fraction of sp³-hybridized carbons (Fsp3) is 0.167. The van der Waals surface area contributed by atoms with Gasteiger partial charge in [-0.05, 0) is 67.3 Å². The zero-order valence-electron chi connectivity index (χ0n) is 18.1. The van der Waals surface area contributed by atoms with Crippen LogP contribution in [0.4, 0.5) is 10.1 Å². The van der Waals surface area contributed by atoms with E-state index in [-0.39, 0.29) is 30.0 Å². The minimum Gasteiger partial charge on any atom is -0.354 e. The van der Waals surface area contributed by atoms with Crippen LogP contribution in [-0.4, -0.2) is 32.6 Å². The average Bonchev–Trinajstić information content (AvgIpc) is 3.45. The van der Waals surface area contributed by atoms with Crippen LogP contribution in [0.25, 0.3) is 16.4 Å². The zero-order chi connectivity index (χ0) is 23.4. The molecule has 33 heavy (non-hydrogen) atoms. The van der Waals surface area contributed by atoms with E-state index in [2.05, 4.69) is 20.7 Å². The van der Waals surface area contributed by atoms with Crippen molar-refractivity contribution in [3.8, 4) is 16.4 Å². The molecule has 4 aromatic rings. The first kappa shape index (κ1) is 22.3.